The molecule has 0 saturated heterocycles. The van der Waals surface area contributed by atoms with E-state index in [1.165, 1.54) is 4.88 Å². The maximum absolute atomic E-state index is 12.2. The van der Waals surface area contributed by atoms with Crippen LogP contribution in [0.4, 0.5) is 0 Å². The van der Waals surface area contributed by atoms with Crippen LogP contribution in [0.25, 0.3) is 0 Å². The molecule has 0 radical (unpaired) electrons. The minimum absolute atomic E-state index is 0.0367. The third-order valence-electron chi connectivity index (χ3n) is 3.11. The summed E-state index contributed by atoms with van der Waals surface area (Å²) in [5, 5.41) is 2.04. The highest BCUT2D eigenvalue weighted by Crippen LogP contribution is 2.34. The van der Waals surface area contributed by atoms with Crippen LogP contribution in [0.3, 0.4) is 0 Å². The Balaban J connectivity index is 2.20. The first-order valence-corrected chi connectivity index (χ1v) is 8.70. The molecule has 0 N–H and O–H groups in total. The zero-order valence-corrected chi connectivity index (χ0v) is 12.1. The minimum Gasteiger partial charge on any atom is -0.212 e. The molecule has 1 aromatic rings. The molecular weight excluding hydrogens is 278 g/mol. The van der Waals surface area contributed by atoms with E-state index in [4.69, 9.17) is 11.6 Å². The average Bonchev–Trinajstić information content (AvgIpc) is 2.75. The van der Waals surface area contributed by atoms with Gasteiger partial charge in [0.25, 0.3) is 0 Å². The highest BCUT2D eigenvalue weighted by molar-refractivity contribution is 7.89. The van der Waals surface area contributed by atoms with Gasteiger partial charge in [-0.05, 0) is 36.8 Å². The molecule has 0 saturated carbocycles. The lowest BCUT2D eigenvalue weighted by atomic mass is 10.0. The van der Waals surface area contributed by atoms with Gasteiger partial charge >= 0.3 is 0 Å². The van der Waals surface area contributed by atoms with Crippen molar-refractivity contribution < 1.29 is 8.42 Å². The molecule has 0 bridgehead atoms. The van der Waals surface area contributed by atoms with Crippen molar-refractivity contribution in [1.82, 2.24) is 4.31 Å². The van der Waals surface area contributed by atoms with Gasteiger partial charge in [-0.25, -0.2) is 8.42 Å². The smallest absolute Gasteiger partial charge is 0.212 e. The van der Waals surface area contributed by atoms with Gasteiger partial charge in [0.05, 0.1) is 5.75 Å². The van der Waals surface area contributed by atoms with E-state index in [2.05, 4.69) is 0 Å². The Morgan fingerprint density at radius 1 is 1.59 bits per heavy atom. The fraction of sp³-hybridized carbons (Fsp3) is 0.636. The number of hydrogen-bond acceptors (Lipinski definition) is 3. The molecule has 0 aromatic carbocycles. The normalized spacial score (nSPS) is 21.4. The van der Waals surface area contributed by atoms with Gasteiger partial charge in [0.1, 0.15) is 0 Å². The third-order valence-corrected chi connectivity index (χ3v) is 6.40. The summed E-state index contributed by atoms with van der Waals surface area (Å²) < 4.78 is 25.9. The van der Waals surface area contributed by atoms with Crippen LogP contribution in [-0.2, 0) is 16.4 Å². The second-order valence-corrected chi connectivity index (χ2v) is 7.61. The first kappa shape index (κ1) is 13.3. The second-order valence-electron chi connectivity index (χ2n) is 4.19. The predicted octanol–water partition coefficient (Wildman–Crippen LogP) is 2.63. The maximum atomic E-state index is 12.2. The number of alkyl halides is 1. The molecular formula is C11H16ClNO2S2. The minimum atomic E-state index is -3.16. The van der Waals surface area contributed by atoms with Crippen molar-refractivity contribution >= 4 is 33.0 Å². The lowest BCUT2D eigenvalue weighted by molar-refractivity contribution is 0.329. The molecule has 0 fully saturated rings. The molecule has 17 heavy (non-hydrogen) atoms. The summed E-state index contributed by atoms with van der Waals surface area (Å²) in [7, 11) is -3.16. The van der Waals surface area contributed by atoms with Gasteiger partial charge in [-0.1, -0.05) is 0 Å². The lowest BCUT2D eigenvalue weighted by Gasteiger charge is -2.32. The second kappa shape index (κ2) is 5.26. The van der Waals surface area contributed by atoms with E-state index in [1.54, 1.807) is 15.6 Å². The number of thiophene rings is 1. The van der Waals surface area contributed by atoms with Crippen LogP contribution in [-0.4, -0.2) is 30.9 Å². The van der Waals surface area contributed by atoms with Crippen molar-refractivity contribution in [2.75, 3.05) is 18.2 Å². The van der Waals surface area contributed by atoms with Crippen LogP contribution in [0, 0.1) is 0 Å². The molecule has 1 aliphatic heterocycles. The largest absolute Gasteiger partial charge is 0.214 e. The molecule has 0 amide bonds. The molecule has 0 spiro atoms. The highest BCUT2D eigenvalue weighted by Gasteiger charge is 2.32. The zero-order chi connectivity index (χ0) is 12.5. The number of halogens is 1. The van der Waals surface area contributed by atoms with Crippen LogP contribution in [0.1, 0.15) is 29.8 Å². The summed E-state index contributed by atoms with van der Waals surface area (Å²) in [6.45, 7) is 2.56. The topological polar surface area (TPSA) is 37.4 Å². The molecule has 1 aromatic heterocycles. The zero-order valence-electron chi connectivity index (χ0n) is 9.73. The molecule has 3 nitrogen and oxygen atoms in total. The molecule has 6 heteroatoms. The standard InChI is InChI=1S/C11H16ClNO2S2/c1-9-10-4-7-16-11(10)3-6-13(9)17(14,15)8-2-5-12/h4,7,9H,2-3,5-6,8H2,1H3. The Kier molecular flexibility index (Phi) is 4.13. The van der Waals surface area contributed by atoms with Crippen LogP contribution in [0.2, 0.25) is 0 Å². The van der Waals surface area contributed by atoms with Crippen molar-refractivity contribution in [3.8, 4) is 0 Å². The van der Waals surface area contributed by atoms with E-state index in [0.29, 0.717) is 18.8 Å². The molecule has 0 aliphatic carbocycles. The summed E-state index contributed by atoms with van der Waals surface area (Å²) in [6, 6.07) is 2.00. The van der Waals surface area contributed by atoms with E-state index >= 15 is 0 Å². The van der Waals surface area contributed by atoms with E-state index in [-0.39, 0.29) is 11.8 Å². The maximum Gasteiger partial charge on any atom is 0.214 e. The number of sulfonamides is 1. The van der Waals surface area contributed by atoms with Crippen molar-refractivity contribution in [3.05, 3.63) is 21.9 Å². The predicted molar refractivity (Wildman–Crippen MR) is 72.3 cm³/mol. The van der Waals surface area contributed by atoms with Gasteiger partial charge in [-0.2, -0.15) is 4.31 Å². The van der Waals surface area contributed by atoms with Gasteiger partial charge < -0.3 is 0 Å². The Labute approximate surface area is 111 Å². The van der Waals surface area contributed by atoms with Gasteiger partial charge in [0.2, 0.25) is 10.0 Å². The van der Waals surface area contributed by atoms with Gasteiger partial charge in [0.15, 0.2) is 0 Å². The molecule has 1 atom stereocenters. The summed E-state index contributed by atoms with van der Waals surface area (Å²) in [4.78, 5) is 1.32. The quantitative estimate of drug-likeness (QED) is 0.800. The summed E-state index contributed by atoms with van der Waals surface area (Å²) in [5.41, 5.74) is 1.16. The van der Waals surface area contributed by atoms with Crippen LogP contribution >= 0.6 is 22.9 Å². The average molecular weight is 294 g/mol. The van der Waals surface area contributed by atoms with E-state index < -0.39 is 10.0 Å². The Morgan fingerprint density at radius 2 is 2.35 bits per heavy atom. The fourth-order valence-corrected chi connectivity index (χ4v) is 5.18. The number of hydrogen-bond donors (Lipinski definition) is 0. The Morgan fingerprint density at radius 3 is 3.06 bits per heavy atom. The van der Waals surface area contributed by atoms with E-state index in [0.717, 1.165) is 12.0 Å². The lowest BCUT2D eigenvalue weighted by Crippen LogP contribution is -2.39. The van der Waals surface area contributed by atoms with Crippen molar-refractivity contribution in [2.24, 2.45) is 0 Å². The molecule has 1 unspecified atom stereocenters. The van der Waals surface area contributed by atoms with Gasteiger partial charge in [0, 0.05) is 23.3 Å². The Hall–Kier alpha value is -0.100. The van der Waals surface area contributed by atoms with Crippen molar-refractivity contribution in [1.29, 1.82) is 0 Å². The van der Waals surface area contributed by atoms with Crippen LogP contribution in [0.15, 0.2) is 11.4 Å². The fourth-order valence-electron chi connectivity index (χ4n) is 2.22. The van der Waals surface area contributed by atoms with Crippen LogP contribution in [0.5, 0.6) is 0 Å². The first-order chi connectivity index (χ1) is 8.06. The van der Waals surface area contributed by atoms with Crippen LogP contribution < -0.4 is 0 Å². The highest BCUT2D eigenvalue weighted by atomic mass is 35.5. The Bertz CT molecular complexity index is 483. The summed E-state index contributed by atoms with van der Waals surface area (Å²) in [5.74, 6) is 0.547. The van der Waals surface area contributed by atoms with Gasteiger partial charge in [-0.3, -0.25) is 0 Å². The number of fused-ring (bicyclic) bond motifs is 1. The number of nitrogens with zero attached hydrogens (tertiary/aromatic N) is 1. The van der Waals surface area contributed by atoms with Gasteiger partial charge in [-0.15, -0.1) is 22.9 Å². The van der Waals surface area contributed by atoms with Crippen molar-refractivity contribution in [3.63, 3.8) is 0 Å². The van der Waals surface area contributed by atoms with Crippen molar-refractivity contribution in [2.45, 2.75) is 25.8 Å². The first-order valence-electron chi connectivity index (χ1n) is 5.68. The van der Waals surface area contributed by atoms with E-state index in [1.807, 2.05) is 18.4 Å². The van der Waals surface area contributed by atoms with E-state index in [9.17, 15) is 8.42 Å². The molecule has 96 valence electrons. The molecule has 2 heterocycles. The third kappa shape index (κ3) is 2.67. The molecule has 2 rings (SSSR count). The summed E-state index contributed by atoms with van der Waals surface area (Å²) in [6.07, 6.45) is 1.35. The SMILES string of the molecule is CC1c2ccsc2CCN1S(=O)(=O)CCCCl. The monoisotopic (exact) mass is 293 g/mol. The molecule has 1 aliphatic rings. The summed E-state index contributed by atoms with van der Waals surface area (Å²) >= 11 is 7.28. The number of rotatable bonds is 4.